The van der Waals surface area contributed by atoms with Gasteiger partial charge in [0.1, 0.15) is 5.15 Å². The highest BCUT2D eigenvalue weighted by Gasteiger charge is 2.52. The van der Waals surface area contributed by atoms with Gasteiger partial charge in [0.25, 0.3) is 0 Å². The molecule has 4 nitrogen and oxygen atoms in total. The van der Waals surface area contributed by atoms with Gasteiger partial charge in [0.15, 0.2) is 0 Å². The average Bonchev–Trinajstić information content (AvgIpc) is 2.51. The average molecular weight is 284 g/mol. The number of hydrogen-bond donors (Lipinski definition) is 1. The molecule has 1 fully saturated rings. The maximum Gasteiger partial charge on any atom is 0.495 e. The Labute approximate surface area is 119 Å². The molecule has 0 unspecified atom stereocenters. The fraction of sp³-hybridized carbons (Fsp3) is 0.615. The van der Waals surface area contributed by atoms with E-state index in [0.717, 1.165) is 11.0 Å². The molecule has 1 aromatic heterocycles. The predicted octanol–water partition coefficient (Wildman–Crippen LogP) is 1.57. The first-order chi connectivity index (χ1) is 8.78. The maximum atomic E-state index is 9.15. The minimum Gasteiger partial charge on any atom is -0.399 e. The third kappa shape index (κ3) is 2.65. The lowest BCUT2D eigenvalue weighted by atomic mass is 9.76. The molecule has 0 atom stereocenters. The van der Waals surface area contributed by atoms with Crippen molar-refractivity contribution in [1.29, 1.82) is 0 Å². The van der Waals surface area contributed by atoms with Crippen LogP contribution in [0.1, 0.15) is 33.3 Å². The lowest BCUT2D eigenvalue weighted by Crippen LogP contribution is -2.41. The number of halogens is 1. The van der Waals surface area contributed by atoms with E-state index in [0.29, 0.717) is 11.6 Å². The number of nitrogens with zero attached hydrogens (tertiary/aromatic N) is 1. The Morgan fingerprint density at radius 1 is 1.26 bits per heavy atom. The van der Waals surface area contributed by atoms with E-state index in [1.165, 1.54) is 0 Å². The fourth-order valence-corrected chi connectivity index (χ4v) is 2.29. The van der Waals surface area contributed by atoms with Crippen molar-refractivity contribution in [3.63, 3.8) is 0 Å². The molecule has 0 radical (unpaired) electrons. The lowest BCUT2D eigenvalue weighted by molar-refractivity contribution is 0.00578. The fourth-order valence-electron chi connectivity index (χ4n) is 2.03. The van der Waals surface area contributed by atoms with E-state index >= 15 is 0 Å². The van der Waals surface area contributed by atoms with Crippen molar-refractivity contribution in [1.82, 2.24) is 4.98 Å². The van der Waals surface area contributed by atoms with E-state index in [9.17, 15) is 0 Å². The van der Waals surface area contributed by atoms with Gasteiger partial charge in [0.2, 0.25) is 0 Å². The zero-order valence-electron chi connectivity index (χ0n) is 11.7. The topological polar surface area (TPSA) is 51.6 Å². The Morgan fingerprint density at radius 2 is 1.84 bits per heavy atom. The SMILES string of the molecule is CC1(C)OB(c2ccnc(Cl)c2CCO)OC1(C)C. The van der Waals surface area contributed by atoms with Crippen LogP contribution in [0.4, 0.5) is 0 Å². The molecule has 0 aromatic carbocycles. The first-order valence-electron chi connectivity index (χ1n) is 6.38. The van der Waals surface area contributed by atoms with Crippen molar-refractivity contribution in [3.8, 4) is 0 Å². The van der Waals surface area contributed by atoms with Gasteiger partial charge < -0.3 is 14.4 Å². The minimum absolute atomic E-state index is 0.0118. The first kappa shape index (κ1) is 14.8. The molecular weight excluding hydrogens is 264 g/mol. The van der Waals surface area contributed by atoms with E-state index in [2.05, 4.69) is 4.98 Å². The van der Waals surface area contributed by atoms with Crippen molar-refractivity contribution >= 4 is 24.2 Å². The third-order valence-electron chi connectivity index (χ3n) is 3.91. The summed E-state index contributed by atoms with van der Waals surface area (Å²) in [5.41, 5.74) is 0.825. The Bertz CT molecular complexity index is 463. The van der Waals surface area contributed by atoms with Crippen LogP contribution in [0.15, 0.2) is 12.3 Å². The van der Waals surface area contributed by atoms with Crippen LogP contribution in [0.5, 0.6) is 0 Å². The van der Waals surface area contributed by atoms with Crippen molar-refractivity contribution < 1.29 is 14.4 Å². The molecule has 19 heavy (non-hydrogen) atoms. The number of rotatable bonds is 3. The number of aliphatic hydroxyl groups excluding tert-OH is 1. The largest absolute Gasteiger partial charge is 0.495 e. The summed E-state index contributed by atoms with van der Waals surface area (Å²) in [6, 6.07) is 1.83. The van der Waals surface area contributed by atoms with E-state index in [1.54, 1.807) is 6.20 Å². The molecule has 0 bridgehead atoms. The summed E-state index contributed by atoms with van der Waals surface area (Å²) in [4.78, 5) is 4.05. The monoisotopic (exact) mass is 283 g/mol. The van der Waals surface area contributed by atoms with E-state index < -0.39 is 18.3 Å². The van der Waals surface area contributed by atoms with Crippen LogP contribution >= 0.6 is 11.6 Å². The molecule has 0 amide bonds. The third-order valence-corrected chi connectivity index (χ3v) is 4.23. The highest BCUT2D eigenvalue weighted by Crippen LogP contribution is 2.36. The molecule has 1 aromatic rings. The van der Waals surface area contributed by atoms with E-state index in [-0.39, 0.29) is 6.61 Å². The van der Waals surface area contributed by atoms with Gasteiger partial charge in [0, 0.05) is 12.8 Å². The molecule has 6 heteroatoms. The second kappa shape index (κ2) is 5.06. The van der Waals surface area contributed by atoms with Gasteiger partial charge in [-0.3, -0.25) is 0 Å². The second-order valence-corrected chi connectivity index (χ2v) is 6.09. The maximum absolute atomic E-state index is 9.15. The number of aromatic nitrogens is 1. The van der Waals surface area contributed by atoms with Crippen LogP contribution < -0.4 is 5.46 Å². The van der Waals surface area contributed by atoms with Gasteiger partial charge in [-0.05, 0) is 51.2 Å². The van der Waals surface area contributed by atoms with Crippen molar-refractivity contribution in [2.45, 2.75) is 45.3 Å². The first-order valence-corrected chi connectivity index (χ1v) is 6.76. The quantitative estimate of drug-likeness (QED) is 0.676. The molecule has 0 aliphatic carbocycles. The Hall–Kier alpha value is -0.615. The highest BCUT2D eigenvalue weighted by atomic mass is 35.5. The molecular formula is C13H19BClNO3. The summed E-state index contributed by atoms with van der Waals surface area (Å²) in [5, 5.41) is 9.54. The summed E-state index contributed by atoms with van der Waals surface area (Å²) < 4.78 is 12.0. The summed E-state index contributed by atoms with van der Waals surface area (Å²) in [7, 11) is -0.480. The van der Waals surface area contributed by atoms with Gasteiger partial charge in [-0.1, -0.05) is 11.6 Å². The van der Waals surface area contributed by atoms with E-state index in [4.69, 9.17) is 26.0 Å². The van der Waals surface area contributed by atoms with Crippen LogP contribution in [0.2, 0.25) is 5.15 Å². The molecule has 1 N–H and O–H groups in total. The minimum atomic E-state index is -0.480. The highest BCUT2D eigenvalue weighted by molar-refractivity contribution is 6.63. The molecule has 1 saturated heterocycles. The van der Waals surface area contributed by atoms with Crippen LogP contribution in [0.3, 0.4) is 0 Å². The van der Waals surface area contributed by atoms with Crippen molar-refractivity contribution in [3.05, 3.63) is 23.0 Å². The molecule has 0 saturated carbocycles. The number of aliphatic hydroxyl groups is 1. The normalized spacial score (nSPS) is 20.8. The Balaban J connectivity index is 2.37. The predicted molar refractivity (Wildman–Crippen MR) is 75.8 cm³/mol. The second-order valence-electron chi connectivity index (χ2n) is 5.73. The summed E-state index contributed by atoms with van der Waals surface area (Å²) in [6.45, 7) is 8.02. The van der Waals surface area contributed by atoms with Gasteiger partial charge in [-0.15, -0.1) is 0 Å². The van der Waals surface area contributed by atoms with Gasteiger partial charge in [-0.25, -0.2) is 4.98 Å². The van der Waals surface area contributed by atoms with Crippen molar-refractivity contribution in [2.75, 3.05) is 6.61 Å². The molecule has 2 heterocycles. The van der Waals surface area contributed by atoms with Crippen LogP contribution in [0.25, 0.3) is 0 Å². The standard InChI is InChI=1S/C13H19BClNO3/c1-12(2)13(3,4)19-14(18-12)10-5-7-16-11(15)9(10)6-8-17/h5,7,17H,6,8H2,1-4H3. The van der Waals surface area contributed by atoms with Gasteiger partial charge in [0.05, 0.1) is 11.2 Å². The molecule has 1 aliphatic rings. The smallest absolute Gasteiger partial charge is 0.399 e. The van der Waals surface area contributed by atoms with E-state index in [1.807, 2.05) is 33.8 Å². The van der Waals surface area contributed by atoms with Crippen molar-refractivity contribution in [2.24, 2.45) is 0 Å². The summed E-state index contributed by atoms with van der Waals surface area (Å²) in [5.74, 6) is 0. The molecule has 0 spiro atoms. The summed E-state index contributed by atoms with van der Waals surface area (Å²) in [6.07, 6.45) is 2.07. The Kier molecular flexibility index (Phi) is 3.93. The zero-order valence-corrected chi connectivity index (χ0v) is 12.5. The van der Waals surface area contributed by atoms with Crippen LogP contribution in [-0.2, 0) is 15.7 Å². The number of hydrogen-bond acceptors (Lipinski definition) is 4. The lowest BCUT2D eigenvalue weighted by Gasteiger charge is -2.32. The van der Waals surface area contributed by atoms with Crippen LogP contribution in [0, 0.1) is 0 Å². The van der Waals surface area contributed by atoms with Crippen LogP contribution in [-0.4, -0.2) is 35.0 Å². The van der Waals surface area contributed by atoms with Gasteiger partial charge in [-0.2, -0.15) is 0 Å². The molecule has 2 rings (SSSR count). The molecule has 104 valence electrons. The van der Waals surface area contributed by atoms with Gasteiger partial charge >= 0.3 is 7.12 Å². The summed E-state index contributed by atoms with van der Waals surface area (Å²) >= 11 is 6.10. The molecule has 1 aliphatic heterocycles. The number of pyridine rings is 1. The Morgan fingerprint density at radius 3 is 2.37 bits per heavy atom. The zero-order chi connectivity index (χ0) is 14.3.